The molecule has 4 heterocycles. The Labute approximate surface area is 217 Å². The van der Waals surface area contributed by atoms with Crippen LogP contribution in [0.1, 0.15) is 46.6 Å². The summed E-state index contributed by atoms with van der Waals surface area (Å²) in [7, 11) is 1.49. The zero-order chi connectivity index (χ0) is 26.7. The van der Waals surface area contributed by atoms with Crippen LogP contribution in [0.2, 0.25) is 0 Å². The largest absolute Gasteiger partial charge is 0.392 e. The second-order valence-corrected chi connectivity index (χ2v) is 10.3. The number of aliphatic hydroxyl groups is 1. The van der Waals surface area contributed by atoms with Crippen LogP contribution in [-0.4, -0.2) is 38.8 Å². The maximum absolute atomic E-state index is 15.0. The first-order valence-corrected chi connectivity index (χ1v) is 12.9. The number of alkyl halides is 1. The first-order valence-electron chi connectivity index (χ1n) is 12.9. The number of aryl methyl sites for hydroxylation is 2. The van der Waals surface area contributed by atoms with Gasteiger partial charge in [0.25, 0.3) is 11.5 Å². The highest BCUT2D eigenvalue weighted by atomic mass is 19.1. The lowest BCUT2D eigenvalue weighted by atomic mass is 9.96. The Hall–Kier alpha value is -3.79. The number of amides is 2. The second-order valence-electron chi connectivity index (χ2n) is 10.3. The molecular formula is C28H28F2N4O4. The molecule has 2 amide bonds. The Morgan fingerprint density at radius 1 is 1.11 bits per heavy atom. The Morgan fingerprint density at radius 2 is 1.89 bits per heavy atom. The van der Waals surface area contributed by atoms with Gasteiger partial charge in [0.1, 0.15) is 17.7 Å². The van der Waals surface area contributed by atoms with Gasteiger partial charge in [0.2, 0.25) is 5.91 Å². The molecule has 1 aromatic carbocycles. The fraction of sp³-hybridized carbons (Fsp3) is 0.393. The van der Waals surface area contributed by atoms with Crippen LogP contribution < -0.4 is 15.8 Å². The Balaban J connectivity index is 1.40. The zero-order valence-corrected chi connectivity index (χ0v) is 21.0. The van der Waals surface area contributed by atoms with E-state index in [1.807, 2.05) is 6.07 Å². The standard InChI is InChI=1S/C28H28F2N4O4/c1-32-13-15(8-23(28(32)38)31-26(36)19-12-22(19)30)18-9-16(29)10-25(21(18)14-35)34-7-5-24-20(27(34)37)11-17-4-2-3-6-33(17)24/h8-11,13,19,22,35H,2-7,12,14H2,1H3,(H,31,36). The van der Waals surface area contributed by atoms with E-state index < -0.39 is 36.0 Å². The number of aliphatic hydroxyl groups excluding tert-OH is 1. The molecule has 1 fully saturated rings. The maximum Gasteiger partial charge on any atom is 0.274 e. The molecule has 3 aromatic rings. The lowest BCUT2D eigenvalue weighted by molar-refractivity contribution is -0.117. The van der Waals surface area contributed by atoms with E-state index in [9.17, 15) is 23.9 Å². The fourth-order valence-electron chi connectivity index (χ4n) is 5.75. The summed E-state index contributed by atoms with van der Waals surface area (Å²) in [5.74, 6) is -2.22. The van der Waals surface area contributed by atoms with Crippen LogP contribution in [0.25, 0.3) is 11.1 Å². The van der Waals surface area contributed by atoms with Crippen LogP contribution in [0.3, 0.4) is 0 Å². The van der Waals surface area contributed by atoms with Crippen molar-refractivity contribution >= 4 is 23.2 Å². The van der Waals surface area contributed by atoms with Gasteiger partial charge in [-0.3, -0.25) is 14.4 Å². The van der Waals surface area contributed by atoms with Crippen LogP contribution in [0, 0.1) is 11.7 Å². The molecule has 3 aliphatic rings. The van der Waals surface area contributed by atoms with Gasteiger partial charge in [0, 0.05) is 55.3 Å². The Kier molecular flexibility index (Phi) is 5.94. The van der Waals surface area contributed by atoms with Crippen LogP contribution >= 0.6 is 0 Å². The van der Waals surface area contributed by atoms with Crippen LogP contribution in [0.5, 0.6) is 0 Å². The van der Waals surface area contributed by atoms with Crippen molar-refractivity contribution in [3.05, 3.63) is 69.1 Å². The fourth-order valence-corrected chi connectivity index (χ4v) is 5.75. The summed E-state index contributed by atoms with van der Waals surface area (Å²) in [6.45, 7) is 0.748. The molecule has 2 atom stereocenters. The predicted molar refractivity (Wildman–Crippen MR) is 137 cm³/mol. The van der Waals surface area contributed by atoms with Gasteiger partial charge in [-0.1, -0.05) is 0 Å². The summed E-state index contributed by atoms with van der Waals surface area (Å²) in [5, 5.41) is 12.9. The van der Waals surface area contributed by atoms with Gasteiger partial charge in [-0.2, -0.15) is 0 Å². The van der Waals surface area contributed by atoms with E-state index in [1.54, 1.807) is 0 Å². The molecule has 2 unspecified atom stereocenters. The van der Waals surface area contributed by atoms with Crippen molar-refractivity contribution in [3.63, 3.8) is 0 Å². The molecule has 6 rings (SSSR count). The third-order valence-electron chi connectivity index (χ3n) is 7.85. The van der Waals surface area contributed by atoms with Crippen LogP contribution in [0.4, 0.5) is 20.2 Å². The number of benzene rings is 1. The number of aromatic nitrogens is 2. The molecule has 1 saturated carbocycles. The molecule has 0 bridgehead atoms. The van der Waals surface area contributed by atoms with Gasteiger partial charge in [-0.25, -0.2) is 8.78 Å². The molecule has 2 aromatic heterocycles. The molecular weight excluding hydrogens is 494 g/mol. The molecule has 198 valence electrons. The number of anilines is 2. The van der Waals surface area contributed by atoms with E-state index in [1.165, 1.54) is 40.9 Å². The van der Waals surface area contributed by atoms with E-state index in [-0.39, 0.29) is 29.3 Å². The van der Waals surface area contributed by atoms with E-state index in [4.69, 9.17) is 0 Å². The number of hydrogen-bond donors (Lipinski definition) is 2. The minimum absolute atomic E-state index is 0.0677. The normalized spacial score (nSPS) is 20.2. The highest BCUT2D eigenvalue weighted by Crippen LogP contribution is 2.38. The topological polar surface area (TPSA) is 96.6 Å². The van der Waals surface area contributed by atoms with Crippen LogP contribution in [0.15, 0.2) is 35.3 Å². The molecule has 38 heavy (non-hydrogen) atoms. The third kappa shape index (κ3) is 4.03. The van der Waals surface area contributed by atoms with Crippen LogP contribution in [-0.2, 0) is 37.8 Å². The number of halogens is 2. The second kappa shape index (κ2) is 9.20. The van der Waals surface area contributed by atoms with Crippen molar-refractivity contribution in [2.24, 2.45) is 13.0 Å². The molecule has 2 aliphatic heterocycles. The third-order valence-corrected chi connectivity index (χ3v) is 7.85. The van der Waals surface area contributed by atoms with Crippen molar-refractivity contribution in [2.45, 2.75) is 51.4 Å². The monoisotopic (exact) mass is 522 g/mol. The maximum atomic E-state index is 15.0. The highest BCUT2D eigenvalue weighted by molar-refractivity contribution is 6.09. The van der Waals surface area contributed by atoms with Gasteiger partial charge >= 0.3 is 0 Å². The summed E-state index contributed by atoms with van der Waals surface area (Å²) >= 11 is 0. The van der Waals surface area contributed by atoms with Crippen molar-refractivity contribution in [3.8, 4) is 11.1 Å². The quantitative estimate of drug-likeness (QED) is 0.538. The SMILES string of the molecule is Cn1cc(-c2cc(F)cc(N3CCc4c(cc5n4CCCC5)C3=O)c2CO)cc(NC(=O)C2CC2F)c1=O. The van der Waals surface area contributed by atoms with Gasteiger partial charge in [0.15, 0.2) is 0 Å². The lowest BCUT2D eigenvalue weighted by Gasteiger charge is -2.30. The number of rotatable bonds is 5. The van der Waals surface area contributed by atoms with Gasteiger partial charge in [-0.15, -0.1) is 0 Å². The van der Waals surface area contributed by atoms with Gasteiger partial charge in [0.05, 0.1) is 23.8 Å². The molecule has 0 radical (unpaired) electrons. The van der Waals surface area contributed by atoms with Crippen molar-refractivity contribution in [1.29, 1.82) is 0 Å². The highest BCUT2D eigenvalue weighted by Gasteiger charge is 2.44. The summed E-state index contributed by atoms with van der Waals surface area (Å²) in [6.07, 6.45) is 4.06. The summed E-state index contributed by atoms with van der Waals surface area (Å²) in [5.41, 5.74) is 3.44. The number of carbonyl (C=O) groups is 2. The smallest absolute Gasteiger partial charge is 0.274 e. The van der Waals surface area contributed by atoms with E-state index >= 15 is 4.39 Å². The molecule has 1 aliphatic carbocycles. The van der Waals surface area contributed by atoms with E-state index in [2.05, 4.69) is 9.88 Å². The lowest BCUT2D eigenvalue weighted by Crippen LogP contribution is -2.38. The van der Waals surface area contributed by atoms with E-state index in [0.717, 1.165) is 37.2 Å². The van der Waals surface area contributed by atoms with Crippen molar-refractivity contribution in [1.82, 2.24) is 9.13 Å². The average molecular weight is 523 g/mol. The Bertz CT molecular complexity index is 1540. The first kappa shape index (κ1) is 24.5. The molecule has 8 nitrogen and oxygen atoms in total. The zero-order valence-electron chi connectivity index (χ0n) is 21.0. The first-order chi connectivity index (χ1) is 18.3. The minimum atomic E-state index is -1.22. The minimum Gasteiger partial charge on any atom is -0.392 e. The molecule has 2 N–H and O–H groups in total. The number of carbonyl (C=O) groups excluding carboxylic acids is 2. The number of nitrogens with zero attached hydrogens (tertiary/aromatic N) is 3. The predicted octanol–water partition coefficient (Wildman–Crippen LogP) is 3.32. The molecule has 10 heteroatoms. The average Bonchev–Trinajstić information content (AvgIpc) is 3.51. The van der Waals surface area contributed by atoms with Gasteiger partial charge < -0.3 is 24.5 Å². The number of fused-ring (bicyclic) bond motifs is 3. The van der Waals surface area contributed by atoms with Gasteiger partial charge in [-0.05, 0) is 55.5 Å². The summed E-state index contributed by atoms with van der Waals surface area (Å²) in [6, 6.07) is 5.81. The van der Waals surface area contributed by atoms with Crippen molar-refractivity contribution < 1.29 is 23.5 Å². The number of pyridine rings is 1. The number of hydrogen-bond acceptors (Lipinski definition) is 4. The summed E-state index contributed by atoms with van der Waals surface area (Å²) < 4.78 is 31.9. The van der Waals surface area contributed by atoms with Crippen molar-refractivity contribution in [2.75, 3.05) is 16.8 Å². The summed E-state index contributed by atoms with van der Waals surface area (Å²) in [4.78, 5) is 40.1. The molecule has 0 spiro atoms. The number of nitrogens with one attached hydrogen (secondary N) is 1. The Morgan fingerprint density at radius 3 is 2.63 bits per heavy atom. The van der Waals surface area contributed by atoms with E-state index in [0.29, 0.717) is 29.7 Å². The molecule has 0 saturated heterocycles.